The average Bonchev–Trinajstić information content (AvgIpc) is 2.74. The quantitative estimate of drug-likeness (QED) is 0.876. The van der Waals surface area contributed by atoms with Crippen LogP contribution < -0.4 is 5.56 Å². The van der Waals surface area contributed by atoms with Crippen molar-refractivity contribution in [1.29, 1.82) is 0 Å². The second-order valence-electron chi connectivity index (χ2n) is 5.22. The number of rotatable bonds is 2. The van der Waals surface area contributed by atoms with Crippen molar-refractivity contribution in [2.24, 2.45) is 0 Å². The lowest BCUT2D eigenvalue weighted by atomic mass is 10.0. The number of aromatic amines is 1. The summed E-state index contributed by atoms with van der Waals surface area (Å²) >= 11 is 0. The van der Waals surface area contributed by atoms with E-state index in [4.69, 9.17) is 0 Å². The second-order valence-corrected chi connectivity index (χ2v) is 5.22. The highest BCUT2D eigenvalue weighted by atomic mass is 16.1. The van der Waals surface area contributed by atoms with E-state index in [0.29, 0.717) is 6.04 Å². The Labute approximate surface area is 106 Å². The Kier molecular flexibility index (Phi) is 2.92. The lowest BCUT2D eigenvalue weighted by Crippen LogP contribution is -2.26. The molecule has 2 aromatic rings. The van der Waals surface area contributed by atoms with E-state index < -0.39 is 0 Å². The maximum atomic E-state index is 11.3. The molecule has 0 bridgehead atoms. The lowest BCUT2D eigenvalue weighted by molar-refractivity contribution is 0.309. The Bertz CT molecular complexity index is 617. The Morgan fingerprint density at radius 2 is 2.17 bits per heavy atom. The van der Waals surface area contributed by atoms with Gasteiger partial charge in [-0.15, -0.1) is 0 Å². The minimum Gasteiger partial charge on any atom is -0.322 e. The number of nitrogens with zero attached hydrogens (tertiary/aromatic N) is 1. The zero-order chi connectivity index (χ0) is 12.5. The van der Waals surface area contributed by atoms with Crippen LogP contribution in [0.2, 0.25) is 0 Å². The molecule has 1 fully saturated rings. The van der Waals surface area contributed by atoms with Crippen LogP contribution in [0.5, 0.6) is 0 Å². The predicted octanol–water partition coefficient (Wildman–Crippen LogP) is 2.16. The van der Waals surface area contributed by atoms with Crippen LogP contribution in [-0.4, -0.2) is 29.5 Å². The molecule has 1 aliphatic rings. The molecule has 0 unspecified atom stereocenters. The molecule has 1 aromatic carbocycles. The summed E-state index contributed by atoms with van der Waals surface area (Å²) in [5.41, 5.74) is 2.22. The van der Waals surface area contributed by atoms with Gasteiger partial charge in [-0.25, -0.2) is 0 Å². The van der Waals surface area contributed by atoms with E-state index in [-0.39, 0.29) is 5.56 Å². The molecule has 0 amide bonds. The Morgan fingerprint density at radius 1 is 1.33 bits per heavy atom. The smallest absolute Gasteiger partial charge is 0.248 e. The first kappa shape index (κ1) is 11.5. The third-order valence-electron chi connectivity index (χ3n) is 3.93. The van der Waals surface area contributed by atoms with Gasteiger partial charge in [0.1, 0.15) is 0 Å². The number of fused-ring (bicyclic) bond motifs is 1. The van der Waals surface area contributed by atoms with Gasteiger partial charge in [0.15, 0.2) is 0 Å². The highest BCUT2D eigenvalue weighted by Crippen LogP contribution is 2.21. The van der Waals surface area contributed by atoms with Gasteiger partial charge < -0.3 is 9.88 Å². The molecule has 94 valence electrons. The fourth-order valence-electron chi connectivity index (χ4n) is 2.83. The molecule has 0 saturated carbocycles. The van der Waals surface area contributed by atoms with Crippen molar-refractivity contribution in [3.8, 4) is 0 Å². The van der Waals surface area contributed by atoms with E-state index in [1.807, 2.05) is 6.07 Å². The van der Waals surface area contributed by atoms with E-state index in [9.17, 15) is 4.79 Å². The molecule has 0 radical (unpaired) electrons. The van der Waals surface area contributed by atoms with Gasteiger partial charge in [0.05, 0.1) is 0 Å². The summed E-state index contributed by atoms with van der Waals surface area (Å²) in [5.74, 6) is 0. The van der Waals surface area contributed by atoms with Crippen LogP contribution >= 0.6 is 0 Å². The number of aromatic nitrogens is 1. The van der Waals surface area contributed by atoms with Gasteiger partial charge in [-0.1, -0.05) is 12.1 Å². The zero-order valence-corrected chi connectivity index (χ0v) is 10.6. The molecular weight excluding hydrogens is 224 g/mol. The van der Waals surface area contributed by atoms with Crippen molar-refractivity contribution in [3.05, 3.63) is 46.2 Å². The summed E-state index contributed by atoms with van der Waals surface area (Å²) in [6, 6.07) is 10.5. The normalized spacial score (nSPS) is 20.6. The molecule has 1 aliphatic heterocycles. The number of hydrogen-bond acceptors (Lipinski definition) is 2. The topological polar surface area (TPSA) is 36.1 Å². The van der Waals surface area contributed by atoms with Crippen LogP contribution in [0.1, 0.15) is 18.4 Å². The van der Waals surface area contributed by atoms with Crippen molar-refractivity contribution < 1.29 is 0 Å². The van der Waals surface area contributed by atoms with Gasteiger partial charge in [-0.05, 0) is 55.9 Å². The van der Waals surface area contributed by atoms with E-state index in [1.54, 1.807) is 6.07 Å². The van der Waals surface area contributed by atoms with Gasteiger partial charge in [0.25, 0.3) is 0 Å². The third kappa shape index (κ3) is 2.18. The summed E-state index contributed by atoms with van der Waals surface area (Å²) in [6.07, 6.45) is 3.65. The summed E-state index contributed by atoms with van der Waals surface area (Å²) in [4.78, 5) is 16.7. The van der Waals surface area contributed by atoms with Gasteiger partial charge in [0.2, 0.25) is 5.56 Å². The standard InChI is InChI=1S/C15H18N2O/c1-17-8-2-3-13(17)9-11-4-5-12-6-7-15(18)16-14(12)10-11/h4-7,10,13H,2-3,8-9H2,1H3,(H,16,18)/t13-/m0/s1. The number of H-pyrrole nitrogens is 1. The molecule has 1 N–H and O–H groups in total. The minimum atomic E-state index is -0.0300. The number of nitrogens with one attached hydrogen (secondary N) is 1. The maximum absolute atomic E-state index is 11.3. The van der Waals surface area contributed by atoms with Gasteiger partial charge in [0, 0.05) is 17.6 Å². The first-order chi connectivity index (χ1) is 8.72. The second kappa shape index (κ2) is 4.58. The van der Waals surface area contributed by atoms with E-state index in [0.717, 1.165) is 17.3 Å². The maximum Gasteiger partial charge on any atom is 0.248 e. The van der Waals surface area contributed by atoms with Gasteiger partial charge in [-0.3, -0.25) is 4.79 Å². The fourth-order valence-corrected chi connectivity index (χ4v) is 2.83. The van der Waals surface area contributed by atoms with E-state index in [1.165, 1.54) is 24.9 Å². The van der Waals surface area contributed by atoms with Gasteiger partial charge >= 0.3 is 0 Å². The molecule has 3 rings (SSSR count). The van der Waals surface area contributed by atoms with Crippen molar-refractivity contribution in [3.63, 3.8) is 0 Å². The van der Waals surface area contributed by atoms with Crippen molar-refractivity contribution in [2.75, 3.05) is 13.6 Å². The first-order valence-electron chi connectivity index (χ1n) is 6.54. The summed E-state index contributed by atoms with van der Waals surface area (Å²) < 4.78 is 0. The molecule has 3 nitrogen and oxygen atoms in total. The molecule has 2 heterocycles. The SMILES string of the molecule is CN1CCC[C@H]1Cc1ccc2ccc(=O)[nH]c2c1. The number of likely N-dealkylation sites (N-methyl/N-ethyl adjacent to an activating group) is 1. The predicted molar refractivity (Wildman–Crippen MR) is 73.9 cm³/mol. The monoisotopic (exact) mass is 242 g/mol. The molecule has 0 aliphatic carbocycles. The number of benzene rings is 1. The third-order valence-corrected chi connectivity index (χ3v) is 3.93. The van der Waals surface area contributed by atoms with Crippen LogP contribution in [0.4, 0.5) is 0 Å². The van der Waals surface area contributed by atoms with E-state index >= 15 is 0 Å². The fraction of sp³-hybridized carbons (Fsp3) is 0.400. The van der Waals surface area contributed by atoms with Crippen LogP contribution in [0.3, 0.4) is 0 Å². The van der Waals surface area contributed by atoms with Crippen molar-refractivity contribution >= 4 is 10.9 Å². The Balaban J connectivity index is 1.90. The highest BCUT2D eigenvalue weighted by molar-refractivity contribution is 5.78. The Hall–Kier alpha value is -1.61. The minimum absolute atomic E-state index is 0.0300. The lowest BCUT2D eigenvalue weighted by Gasteiger charge is -2.19. The largest absolute Gasteiger partial charge is 0.322 e. The molecule has 0 spiro atoms. The Morgan fingerprint density at radius 3 is 2.94 bits per heavy atom. The van der Waals surface area contributed by atoms with Gasteiger partial charge in [-0.2, -0.15) is 0 Å². The van der Waals surface area contributed by atoms with Crippen LogP contribution in [-0.2, 0) is 6.42 Å². The summed E-state index contributed by atoms with van der Waals surface area (Å²) in [6.45, 7) is 1.20. The summed E-state index contributed by atoms with van der Waals surface area (Å²) in [7, 11) is 2.20. The molecular formula is C15H18N2O. The number of likely N-dealkylation sites (tertiary alicyclic amines) is 1. The van der Waals surface area contributed by atoms with Crippen molar-refractivity contribution in [2.45, 2.75) is 25.3 Å². The molecule has 1 saturated heterocycles. The molecule has 18 heavy (non-hydrogen) atoms. The number of pyridine rings is 1. The summed E-state index contributed by atoms with van der Waals surface area (Å²) in [5, 5.41) is 1.10. The van der Waals surface area contributed by atoms with Crippen LogP contribution in [0.15, 0.2) is 35.1 Å². The van der Waals surface area contributed by atoms with Crippen molar-refractivity contribution in [1.82, 2.24) is 9.88 Å². The first-order valence-corrected chi connectivity index (χ1v) is 6.54. The van der Waals surface area contributed by atoms with Crippen LogP contribution in [0, 0.1) is 0 Å². The molecule has 1 aromatic heterocycles. The average molecular weight is 242 g/mol. The molecule has 3 heteroatoms. The number of hydrogen-bond donors (Lipinski definition) is 1. The van der Waals surface area contributed by atoms with Crippen LogP contribution in [0.25, 0.3) is 10.9 Å². The zero-order valence-electron chi connectivity index (χ0n) is 10.6. The molecule has 1 atom stereocenters. The highest BCUT2D eigenvalue weighted by Gasteiger charge is 2.20. The van der Waals surface area contributed by atoms with E-state index in [2.05, 4.69) is 35.1 Å².